The average molecular weight is 422 g/mol. The smallest absolute Gasteiger partial charge is 0.254 e. The first-order chi connectivity index (χ1) is 15.1. The van der Waals surface area contributed by atoms with E-state index < -0.39 is 6.10 Å². The van der Waals surface area contributed by atoms with E-state index in [4.69, 9.17) is 9.72 Å². The van der Waals surface area contributed by atoms with Gasteiger partial charge in [-0.25, -0.2) is 9.97 Å². The van der Waals surface area contributed by atoms with Crippen molar-refractivity contribution in [1.29, 1.82) is 0 Å². The summed E-state index contributed by atoms with van der Waals surface area (Å²) in [6, 6.07) is 8.31. The van der Waals surface area contributed by atoms with Crippen LogP contribution in [0, 0.1) is 0 Å². The zero-order chi connectivity index (χ0) is 21.8. The number of ether oxygens (including phenoxy) is 1. The number of benzene rings is 1. The first-order valence-corrected chi connectivity index (χ1v) is 10.6. The van der Waals surface area contributed by atoms with Crippen LogP contribution in [0.15, 0.2) is 36.7 Å². The minimum absolute atomic E-state index is 0.177. The zero-order valence-corrected chi connectivity index (χ0v) is 17.8. The van der Waals surface area contributed by atoms with Gasteiger partial charge in [0, 0.05) is 25.4 Å². The van der Waals surface area contributed by atoms with Gasteiger partial charge in [0.05, 0.1) is 35.9 Å². The molecule has 0 aliphatic heterocycles. The van der Waals surface area contributed by atoms with E-state index in [9.17, 15) is 9.90 Å². The van der Waals surface area contributed by atoms with Gasteiger partial charge in [0.1, 0.15) is 0 Å². The predicted octanol–water partition coefficient (Wildman–Crippen LogP) is 2.47. The summed E-state index contributed by atoms with van der Waals surface area (Å²) in [7, 11) is 1.56. The lowest BCUT2D eigenvalue weighted by Gasteiger charge is -2.12. The fourth-order valence-corrected chi connectivity index (χ4v) is 3.82. The monoisotopic (exact) mass is 421 g/mol. The highest BCUT2D eigenvalue weighted by molar-refractivity contribution is 5.95. The van der Waals surface area contributed by atoms with Crippen molar-refractivity contribution in [3.8, 4) is 17.2 Å². The van der Waals surface area contributed by atoms with Crippen LogP contribution in [0.25, 0.3) is 17.2 Å². The van der Waals surface area contributed by atoms with Crippen LogP contribution in [0.5, 0.6) is 0 Å². The van der Waals surface area contributed by atoms with Crippen molar-refractivity contribution in [2.24, 2.45) is 0 Å². The molecule has 1 atom stereocenters. The Balaban J connectivity index is 1.72. The number of carbonyl (C=O) groups is 1. The van der Waals surface area contributed by atoms with Crippen molar-refractivity contribution in [3.05, 3.63) is 59.0 Å². The molecule has 0 spiro atoms. The molecule has 0 saturated heterocycles. The number of hydrogen-bond acceptors (Lipinski definition) is 6. The highest BCUT2D eigenvalue weighted by Gasteiger charge is 2.22. The quantitative estimate of drug-likeness (QED) is 0.608. The normalized spacial score (nSPS) is 13.8. The molecular weight excluding hydrogens is 394 g/mol. The number of aromatic nitrogens is 4. The van der Waals surface area contributed by atoms with Gasteiger partial charge in [0.2, 0.25) is 0 Å². The largest absolute Gasteiger partial charge is 0.391 e. The summed E-state index contributed by atoms with van der Waals surface area (Å²) in [5.41, 5.74) is 5.36. The third-order valence-electron chi connectivity index (χ3n) is 5.57. The number of nitrogens with one attached hydrogen (secondary N) is 1. The molecule has 0 bridgehead atoms. The Hall–Kier alpha value is -3.10. The highest BCUT2D eigenvalue weighted by Crippen LogP contribution is 2.31. The number of aliphatic hydroxyl groups excluding tert-OH is 1. The van der Waals surface area contributed by atoms with Gasteiger partial charge in [0.15, 0.2) is 0 Å². The molecule has 1 aromatic carbocycles. The minimum atomic E-state index is -0.585. The van der Waals surface area contributed by atoms with Gasteiger partial charge < -0.3 is 15.2 Å². The fourth-order valence-electron chi connectivity index (χ4n) is 3.82. The summed E-state index contributed by atoms with van der Waals surface area (Å²) in [6.07, 6.45) is 6.30. The van der Waals surface area contributed by atoms with Crippen LogP contribution in [0.3, 0.4) is 0 Å². The third kappa shape index (κ3) is 4.35. The summed E-state index contributed by atoms with van der Waals surface area (Å²) in [5.74, 6) is 0.0843. The Morgan fingerprint density at radius 1 is 1.26 bits per heavy atom. The second kappa shape index (κ2) is 9.36. The zero-order valence-electron chi connectivity index (χ0n) is 17.8. The Morgan fingerprint density at radius 2 is 2.06 bits per heavy atom. The second-order valence-corrected chi connectivity index (χ2v) is 7.68. The number of rotatable bonds is 7. The number of nitrogens with zero attached hydrogens (tertiary/aromatic N) is 4. The van der Waals surface area contributed by atoms with Crippen LogP contribution in [-0.4, -0.2) is 50.5 Å². The van der Waals surface area contributed by atoms with Gasteiger partial charge in [-0.1, -0.05) is 31.2 Å². The highest BCUT2D eigenvalue weighted by atomic mass is 16.5. The minimum Gasteiger partial charge on any atom is -0.391 e. The Morgan fingerprint density at radius 3 is 2.87 bits per heavy atom. The van der Waals surface area contributed by atoms with E-state index in [1.807, 2.05) is 19.2 Å². The number of hydrogen-bond donors (Lipinski definition) is 2. The number of methoxy groups -OCH3 is 1. The average Bonchev–Trinajstić information content (AvgIpc) is 3.12. The van der Waals surface area contributed by atoms with E-state index in [0.29, 0.717) is 23.6 Å². The lowest BCUT2D eigenvalue weighted by Crippen LogP contribution is -2.32. The number of amides is 1. The lowest BCUT2D eigenvalue weighted by molar-refractivity contribution is 0.0909. The molecule has 2 N–H and O–H groups in total. The molecule has 162 valence electrons. The summed E-state index contributed by atoms with van der Waals surface area (Å²) in [6.45, 7) is 2.22. The molecule has 8 heteroatoms. The molecule has 3 aromatic rings. The second-order valence-electron chi connectivity index (χ2n) is 7.68. The molecule has 2 aromatic heterocycles. The van der Waals surface area contributed by atoms with Crippen molar-refractivity contribution in [3.63, 3.8) is 0 Å². The third-order valence-corrected chi connectivity index (χ3v) is 5.57. The van der Waals surface area contributed by atoms with Crippen LogP contribution in [0.2, 0.25) is 0 Å². The molecule has 8 nitrogen and oxygen atoms in total. The lowest BCUT2D eigenvalue weighted by atomic mass is 10.0. The predicted molar refractivity (Wildman–Crippen MR) is 116 cm³/mol. The molecule has 1 aliphatic carbocycles. The van der Waals surface area contributed by atoms with Crippen molar-refractivity contribution < 1.29 is 14.6 Å². The van der Waals surface area contributed by atoms with E-state index in [0.717, 1.165) is 36.1 Å². The Labute approximate surface area is 181 Å². The van der Waals surface area contributed by atoms with Crippen LogP contribution in [0.1, 0.15) is 46.9 Å². The Bertz CT molecular complexity index is 1080. The van der Waals surface area contributed by atoms with Gasteiger partial charge in [-0.05, 0) is 36.8 Å². The molecule has 0 fully saturated rings. The van der Waals surface area contributed by atoms with Gasteiger partial charge in [-0.15, -0.1) is 0 Å². The maximum atomic E-state index is 12.7. The maximum Gasteiger partial charge on any atom is 0.254 e. The van der Waals surface area contributed by atoms with Crippen molar-refractivity contribution in [2.75, 3.05) is 13.7 Å². The van der Waals surface area contributed by atoms with E-state index in [2.05, 4.69) is 33.6 Å². The van der Waals surface area contributed by atoms with Gasteiger partial charge in [-0.3, -0.25) is 4.79 Å². The summed E-state index contributed by atoms with van der Waals surface area (Å²) in [5, 5.41) is 16.9. The van der Waals surface area contributed by atoms with E-state index in [1.165, 1.54) is 11.8 Å². The van der Waals surface area contributed by atoms with E-state index in [-0.39, 0.29) is 19.1 Å². The topological polar surface area (TPSA) is 102 Å². The van der Waals surface area contributed by atoms with Crippen LogP contribution in [-0.2, 0) is 24.2 Å². The molecule has 0 saturated carbocycles. The number of aliphatic hydroxyl groups is 1. The van der Waals surface area contributed by atoms with Crippen LogP contribution in [0.4, 0.5) is 0 Å². The molecule has 2 heterocycles. The standard InChI is InChI=1S/C23H27N5O3/c1-3-17(29)12-24-22(30)19-13-26-28(20(19)14-31-2)23-25-11-16-9-6-8-15-7-4-5-10-18(15)21(16)27-23/h4-5,7,10-11,13,17,29H,3,6,8-9,12,14H2,1-2H3,(H,24,30). The SMILES string of the molecule is CCC(O)CNC(=O)c1cnn(-c2ncc3c(n2)-c2ccccc2CCC3)c1COC. The number of fused-ring (bicyclic) bond motifs is 3. The van der Waals surface area contributed by atoms with Crippen LogP contribution >= 0.6 is 0 Å². The molecule has 1 aliphatic rings. The van der Waals surface area contributed by atoms with Crippen molar-refractivity contribution in [1.82, 2.24) is 25.1 Å². The maximum absolute atomic E-state index is 12.7. The summed E-state index contributed by atoms with van der Waals surface area (Å²) in [4.78, 5) is 22.1. The Kier molecular flexibility index (Phi) is 6.39. The van der Waals surface area contributed by atoms with Gasteiger partial charge in [0.25, 0.3) is 11.9 Å². The molecular formula is C23H27N5O3. The van der Waals surface area contributed by atoms with E-state index >= 15 is 0 Å². The molecule has 4 rings (SSSR count). The van der Waals surface area contributed by atoms with Gasteiger partial charge in [-0.2, -0.15) is 9.78 Å². The molecule has 1 amide bonds. The summed E-state index contributed by atoms with van der Waals surface area (Å²) >= 11 is 0. The van der Waals surface area contributed by atoms with Crippen molar-refractivity contribution >= 4 is 5.91 Å². The van der Waals surface area contributed by atoms with E-state index in [1.54, 1.807) is 11.8 Å². The fraction of sp³-hybridized carbons (Fsp3) is 0.391. The molecule has 0 radical (unpaired) electrons. The van der Waals surface area contributed by atoms with Gasteiger partial charge >= 0.3 is 0 Å². The number of carbonyl (C=O) groups excluding carboxylic acids is 1. The first-order valence-electron chi connectivity index (χ1n) is 10.6. The summed E-state index contributed by atoms with van der Waals surface area (Å²) < 4.78 is 6.89. The first kappa shape index (κ1) is 21.1. The molecule has 1 unspecified atom stereocenters. The molecule has 31 heavy (non-hydrogen) atoms. The van der Waals surface area contributed by atoms with Crippen molar-refractivity contribution in [2.45, 2.75) is 45.3 Å². The number of aryl methyl sites for hydroxylation is 2. The van der Waals surface area contributed by atoms with Crippen LogP contribution < -0.4 is 5.32 Å².